The normalized spacial score (nSPS) is 19.2. The van der Waals surface area contributed by atoms with Gasteiger partial charge in [0.05, 0.1) is 0 Å². The summed E-state index contributed by atoms with van der Waals surface area (Å²) in [4.78, 5) is 27.1. The number of halogens is 1. The van der Waals surface area contributed by atoms with E-state index in [-0.39, 0.29) is 5.82 Å². The highest BCUT2D eigenvalue weighted by molar-refractivity contribution is 6.04. The van der Waals surface area contributed by atoms with E-state index < -0.39 is 11.8 Å². The molecule has 0 spiro atoms. The Morgan fingerprint density at radius 3 is 2.57 bits per heavy atom. The zero-order valence-corrected chi connectivity index (χ0v) is 12.8. The molecule has 0 N–H and O–H groups in total. The molecular weight excluding hydrogens is 299 g/mol. The van der Waals surface area contributed by atoms with E-state index in [0.29, 0.717) is 18.8 Å². The van der Waals surface area contributed by atoms with E-state index in [1.54, 1.807) is 0 Å². The fourth-order valence-electron chi connectivity index (χ4n) is 2.80. The molecule has 7 heteroatoms. The number of piperazine rings is 1. The van der Waals surface area contributed by atoms with Crippen LogP contribution in [-0.2, 0) is 16.1 Å². The molecule has 0 unspecified atom stereocenters. The summed E-state index contributed by atoms with van der Waals surface area (Å²) in [6.45, 7) is 5.43. The molecule has 2 amide bonds. The van der Waals surface area contributed by atoms with Gasteiger partial charge in [0.15, 0.2) is 0 Å². The number of hydrogen-bond donors (Lipinski definition) is 0. The van der Waals surface area contributed by atoms with Gasteiger partial charge >= 0.3 is 5.91 Å². The summed E-state index contributed by atoms with van der Waals surface area (Å²) in [7, 11) is 0. The molecule has 2 aliphatic heterocycles. The third-order valence-electron chi connectivity index (χ3n) is 4.13. The van der Waals surface area contributed by atoms with Crippen LogP contribution in [0, 0.1) is 12.7 Å². The van der Waals surface area contributed by atoms with Gasteiger partial charge in [-0.15, -0.1) is 10.2 Å². The van der Waals surface area contributed by atoms with Crippen molar-refractivity contribution >= 4 is 11.8 Å². The highest BCUT2D eigenvalue weighted by atomic mass is 19.1. The first-order valence-electron chi connectivity index (χ1n) is 7.47. The van der Waals surface area contributed by atoms with Crippen LogP contribution in [0.15, 0.2) is 40.2 Å². The first-order chi connectivity index (χ1) is 11.0. The van der Waals surface area contributed by atoms with Crippen molar-refractivity contribution in [2.75, 3.05) is 26.2 Å². The predicted octanol–water partition coefficient (Wildman–Crippen LogP) is 1.65. The standard InChI is InChI=1S/C16H17FN4O2/c1-11-8-13(17)3-2-12(11)10-20-4-6-21(7-5-20)14-9-15(22)18-19-16(14)23/h2-3,8-9H,4-7,10H2,1H3. The molecule has 0 radical (unpaired) electrons. The Bertz CT molecular complexity index is 706. The molecule has 0 bridgehead atoms. The van der Waals surface area contributed by atoms with Crippen molar-refractivity contribution in [2.45, 2.75) is 13.5 Å². The number of nitrogens with zero attached hydrogens (tertiary/aromatic N) is 4. The largest absolute Gasteiger partial charge is 0.364 e. The van der Waals surface area contributed by atoms with E-state index >= 15 is 0 Å². The Kier molecular flexibility index (Phi) is 4.29. The van der Waals surface area contributed by atoms with Crippen LogP contribution in [0.1, 0.15) is 11.1 Å². The van der Waals surface area contributed by atoms with E-state index in [2.05, 4.69) is 15.1 Å². The lowest BCUT2D eigenvalue weighted by atomic mass is 10.1. The van der Waals surface area contributed by atoms with Crippen molar-refractivity contribution in [1.29, 1.82) is 0 Å². The van der Waals surface area contributed by atoms with Crippen LogP contribution >= 0.6 is 0 Å². The Labute approximate surface area is 133 Å². The lowest BCUT2D eigenvalue weighted by Gasteiger charge is -2.36. The van der Waals surface area contributed by atoms with Gasteiger partial charge in [0.25, 0.3) is 5.91 Å². The summed E-state index contributed by atoms with van der Waals surface area (Å²) in [5, 5.41) is 6.59. The third kappa shape index (κ3) is 3.50. The van der Waals surface area contributed by atoms with Crippen molar-refractivity contribution in [3.8, 4) is 0 Å². The lowest BCUT2D eigenvalue weighted by molar-refractivity contribution is -0.121. The maximum atomic E-state index is 13.1. The average Bonchev–Trinajstić information content (AvgIpc) is 2.53. The second kappa shape index (κ2) is 6.37. The maximum absolute atomic E-state index is 13.1. The highest BCUT2D eigenvalue weighted by Crippen LogP contribution is 2.18. The maximum Gasteiger partial charge on any atom is 0.311 e. The van der Waals surface area contributed by atoms with E-state index in [0.717, 1.165) is 30.8 Å². The minimum Gasteiger partial charge on any atom is -0.364 e. The number of amides is 2. The number of carbonyl (C=O) groups excluding carboxylic acids is 2. The summed E-state index contributed by atoms with van der Waals surface area (Å²) in [5.74, 6) is -1.19. The molecular formula is C16H17FN4O2. The molecule has 2 aliphatic rings. The molecule has 1 aromatic carbocycles. The van der Waals surface area contributed by atoms with Gasteiger partial charge in [0.1, 0.15) is 11.5 Å². The van der Waals surface area contributed by atoms with Crippen molar-refractivity contribution in [3.05, 3.63) is 46.9 Å². The van der Waals surface area contributed by atoms with Gasteiger partial charge in [-0.3, -0.25) is 14.5 Å². The molecule has 6 nitrogen and oxygen atoms in total. The van der Waals surface area contributed by atoms with E-state index in [1.807, 2.05) is 17.9 Å². The second-order valence-electron chi connectivity index (χ2n) is 5.71. The number of benzene rings is 1. The SMILES string of the molecule is Cc1cc(F)ccc1CN1CCN(C2=CC(=O)N=NC2=O)CC1. The molecule has 3 rings (SSSR count). The van der Waals surface area contributed by atoms with Gasteiger partial charge in [-0.05, 0) is 30.2 Å². The number of azo groups is 1. The van der Waals surface area contributed by atoms with Crippen molar-refractivity contribution in [3.63, 3.8) is 0 Å². The minimum absolute atomic E-state index is 0.224. The number of rotatable bonds is 3. The minimum atomic E-state index is -0.496. The molecule has 120 valence electrons. The van der Waals surface area contributed by atoms with Crippen molar-refractivity contribution in [2.24, 2.45) is 10.2 Å². The van der Waals surface area contributed by atoms with E-state index in [1.165, 1.54) is 18.2 Å². The van der Waals surface area contributed by atoms with Crippen LogP contribution in [0.4, 0.5) is 4.39 Å². The summed E-state index contributed by atoms with van der Waals surface area (Å²) in [6.07, 6.45) is 1.25. The Morgan fingerprint density at radius 2 is 1.87 bits per heavy atom. The van der Waals surface area contributed by atoms with Crippen LogP contribution in [0.2, 0.25) is 0 Å². The van der Waals surface area contributed by atoms with Gasteiger partial charge in [-0.2, -0.15) is 0 Å². The molecule has 2 heterocycles. The van der Waals surface area contributed by atoms with Crippen LogP contribution in [-0.4, -0.2) is 47.8 Å². The average molecular weight is 316 g/mol. The van der Waals surface area contributed by atoms with Gasteiger partial charge in [0.2, 0.25) is 0 Å². The van der Waals surface area contributed by atoms with E-state index in [4.69, 9.17) is 0 Å². The molecule has 0 saturated carbocycles. The molecule has 0 aliphatic carbocycles. The molecule has 1 saturated heterocycles. The fraction of sp³-hybridized carbons (Fsp3) is 0.375. The van der Waals surface area contributed by atoms with Crippen LogP contribution in [0.25, 0.3) is 0 Å². The zero-order valence-electron chi connectivity index (χ0n) is 12.8. The van der Waals surface area contributed by atoms with Gasteiger partial charge < -0.3 is 4.90 Å². The number of hydrogen-bond acceptors (Lipinski definition) is 4. The van der Waals surface area contributed by atoms with Crippen LogP contribution < -0.4 is 0 Å². The molecule has 1 fully saturated rings. The third-order valence-corrected chi connectivity index (χ3v) is 4.13. The van der Waals surface area contributed by atoms with Gasteiger partial charge in [0, 0.05) is 38.8 Å². The first-order valence-corrected chi connectivity index (χ1v) is 7.47. The van der Waals surface area contributed by atoms with Crippen molar-refractivity contribution in [1.82, 2.24) is 9.80 Å². The smallest absolute Gasteiger partial charge is 0.311 e. The molecule has 0 aromatic heterocycles. The quantitative estimate of drug-likeness (QED) is 0.850. The summed E-state index contributed by atoms with van der Waals surface area (Å²) < 4.78 is 13.1. The Balaban J connectivity index is 1.60. The Morgan fingerprint density at radius 1 is 1.13 bits per heavy atom. The first kappa shape index (κ1) is 15.5. The lowest BCUT2D eigenvalue weighted by Crippen LogP contribution is -2.46. The molecule has 23 heavy (non-hydrogen) atoms. The summed E-state index contributed by atoms with van der Waals surface area (Å²) >= 11 is 0. The monoisotopic (exact) mass is 316 g/mol. The van der Waals surface area contributed by atoms with Gasteiger partial charge in [-0.25, -0.2) is 4.39 Å². The van der Waals surface area contributed by atoms with Gasteiger partial charge in [-0.1, -0.05) is 6.07 Å². The topological polar surface area (TPSA) is 65.3 Å². The fourth-order valence-corrected chi connectivity index (χ4v) is 2.80. The van der Waals surface area contributed by atoms with E-state index in [9.17, 15) is 14.0 Å². The highest BCUT2D eigenvalue weighted by Gasteiger charge is 2.26. The number of carbonyl (C=O) groups is 2. The second-order valence-corrected chi connectivity index (χ2v) is 5.71. The van der Waals surface area contributed by atoms with Crippen molar-refractivity contribution < 1.29 is 14.0 Å². The number of aryl methyl sites for hydroxylation is 1. The summed E-state index contributed by atoms with van der Waals surface area (Å²) in [6, 6.07) is 4.82. The zero-order chi connectivity index (χ0) is 16.4. The van der Waals surface area contributed by atoms with Crippen LogP contribution in [0.5, 0.6) is 0 Å². The Hall–Kier alpha value is -2.41. The van der Waals surface area contributed by atoms with Crippen LogP contribution in [0.3, 0.4) is 0 Å². The molecule has 0 atom stereocenters. The summed E-state index contributed by atoms with van der Waals surface area (Å²) in [5.41, 5.74) is 2.35. The predicted molar refractivity (Wildman–Crippen MR) is 80.9 cm³/mol. The molecule has 1 aromatic rings.